The summed E-state index contributed by atoms with van der Waals surface area (Å²) in [6.45, 7) is 0. The van der Waals surface area contributed by atoms with Crippen LogP contribution < -0.4 is 4.90 Å². The van der Waals surface area contributed by atoms with Crippen molar-refractivity contribution in [2.24, 2.45) is 0 Å². The lowest BCUT2D eigenvalue weighted by Gasteiger charge is -2.24. The normalized spacial score (nSPS) is 13.5. The molecule has 32 heavy (non-hydrogen) atoms. The van der Waals surface area contributed by atoms with Crippen LogP contribution in [0, 0.1) is 0 Å². The number of aromatic nitrogens is 3. The molecule has 0 radical (unpaired) electrons. The van der Waals surface area contributed by atoms with Crippen molar-refractivity contribution in [2.75, 3.05) is 10.7 Å². The number of pyridine rings is 1. The number of para-hydroxylation sites is 2. The Hall–Kier alpha value is -3.33. The van der Waals surface area contributed by atoms with Crippen molar-refractivity contribution < 1.29 is 18.0 Å². The van der Waals surface area contributed by atoms with Crippen LogP contribution in [0.4, 0.5) is 24.5 Å². The van der Waals surface area contributed by atoms with E-state index >= 15 is 0 Å². The zero-order valence-electron chi connectivity index (χ0n) is 16.7. The maximum atomic E-state index is 13.4. The molecule has 0 saturated carbocycles. The van der Waals surface area contributed by atoms with Crippen LogP contribution in [0.15, 0.2) is 72.0 Å². The molecule has 1 amide bonds. The van der Waals surface area contributed by atoms with Crippen LogP contribution in [0.1, 0.15) is 16.7 Å². The number of carbonyl (C=O) groups is 1. The second-order valence-corrected chi connectivity index (χ2v) is 8.34. The maximum absolute atomic E-state index is 13.4. The van der Waals surface area contributed by atoms with E-state index in [-0.39, 0.29) is 16.8 Å². The van der Waals surface area contributed by atoms with Crippen molar-refractivity contribution in [1.82, 2.24) is 14.6 Å². The SMILES string of the molecule is O=C(CSc1nnc2ccc(C(F)(F)F)cn12)N1c2ccccc2CCc2ccccc21. The zero-order valence-corrected chi connectivity index (χ0v) is 17.5. The van der Waals surface area contributed by atoms with Crippen molar-refractivity contribution >= 4 is 34.7 Å². The average Bonchev–Trinajstić information content (AvgIpc) is 3.11. The van der Waals surface area contributed by atoms with Crippen LogP contribution in [-0.2, 0) is 23.8 Å². The molecule has 1 aliphatic rings. The van der Waals surface area contributed by atoms with Gasteiger partial charge in [0.25, 0.3) is 0 Å². The highest BCUT2D eigenvalue weighted by molar-refractivity contribution is 7.99. The number of benzene rings is 2. The van der Waals surface area contributed by atoms with E-state index in [1.807, 2.05) is 48.5 Å². The topological polar surface area (TPSA) is 50.5 Å². The highest BCUT2D eigenvalue weighted by Crippen LogP contribution is 2.37. The molecular weight excluding hydrogens is 437 g/mol. The molecule has 0 atom stereocenters. The van der Waals surface area contributed by atoms with E-state index < -0.39 is 11.7 Å². The van der Waals surface area contributed by atoms with E-state index in [2.05, 4.69) is 10.2 Å². The van der Waals surface area contributed by atoms with Crippen LogP contribution >= 0.6 is 11.8 Å². The summed E-state index contributed by atoms with van der Waals surface area (Å²) in [6.07, 6.45) is -1.88. The molecular formula is C23H17F3N4OS. The number of rotatable bonds is 3. The predicted molar refractivity (Wildman–Crippen MR) is 116 cm³/mol. The van der Waals surface area contributed by atoms with Gasteiger partial charge < -0.3 is 0 Å². The van der Waals surface area contributed by atoms with Crippen LogP contribution in [-0.4, -0.2) is 26.3 Å². The summed E-state index contributed by atoms with van der Waals surface area (Å²) < 4.78 is 40.6. The lowest BCUT2D eigenvalue weighted by molar-refractivity contribution is -0.137. The molecule has 0 bridgehead atoms. The third kappa shape index (κ3) is 3.73. The van der Waals surface area contributed by atoms with Gasteiger partial charge in [-0.2, -0.15) is 13.2 Å². The van der Waals surface area contributed by atoms with Gasteiger partial charge in [-0.05, 0) is 48.2 Å². The molecule has 162 valence electrons. The van der Waals surface area contributed by atoms with Crippen molar-refractivity contribution in [3.05, 3.63) is 83.6 Å². The highest BCUT2D eigenvalue weighted by atomic mass is 32.2. The summed E-state index contributed by atoms with van der Waals surface area (Å²) in [4.78, 5) is 15.1. The fourth-order valence-electron chi connectivity index (χ4n) is 3.88. The van der Waals surface area contributed by atoms with E-state index in [4.69, 9.17) is 0 Å². The van der Waals surface area contributed by atoms with Crippen LogP contribution in [0.5, 0.6) is 0 Å². The van der Waals surface area contributed by atoms with Crippen LogP contribution in [0.25, 0.3) is 5.65 Å². The highest BCUT2D eigenvalue weighted by Gasteiger charge is 2.31. The summed E-state index contributed by atoms with van der Waals surface area (Å²) in [5, 5.41) is 8.13. The Balaban J connectivity index is 1.46. The fourth-order valence-corrected chi connectivity index (χ4v) is 4.64. The number of nitrogens with zero attached hydrogens (tertiary/aromatic N) is 4. The average molecular weight is 454 g/mol. The van der Waals surface area contributed by atoms with E-state index in [9.17, 15) is 18.0 Å². The summed E-state index contributed by atoms with van der Waals surface area (Å²) in [5.74, 6) is -0.180. The van der Waals surface area contributed by atoms with Crippen molar-refractivity contribution in [1.29, 1.82) is 0 Å². The molecule has 4 aromatic rings. The predicted octanol–water partition coefficient (Wildman–Crippen LogP) is 5.30. The minimum absolute atomic E-state index is 0.000290. The number of aryl methyl sites for hydroxylation is 2. The van der Waals surface area contributed by atoms with Gasteiger partial charge in [-0.1, -0.05) is 48.2 Å². The fraction of sp³-hybridized carbons (Fsp3) is 0.174. The largest absolute Gasteiger partial charge is 0.417 e. The molecule has 2 aromatic heterocycles. The minimum atomic E-state index is -4.48. The summed E-state index contributed by atoms with van der Waals surface area (Å²) >= 11 is 1.06. The smallest absolute Gasteiger partial charge is 0.280 e. The molecule has 3 heterocycles. The third-order valence-electron chi connectivity index (χ3n) is 5.40. The van der Waals surface area contributed by atoms with Crippen molar-refractivity contribution in [3.63, 3.8) is 0 Å². The Morgan fingerprint density at radius 1 is 0.906 bits per heavy atom. The summed E-state index contributed by atoms with van der Waals surface area (Å²) in [6, 6.07) is 17.8. The van der Waals surface area contributed by atoms with E-state index in [0.29, 0.717) is 5.65 Å². The Labute approximate surface area is 185 Å². The van der Waals surface area contributed by atoms with Gasteiger partial charge in [0.2, 0.25) is 5.91 Å². The Bertz CT molecular complexity index is 1270. The number of fused-ring (bicyclic) bond motifs is 3. The first-order valence-corrected chi connectivity index (χ1v) is 10.9. The molecule has 1 aliphatic heterocycles. The van der Waals surface area contributed by atoms with Gasteiger partial charge >= 0.3 is 6.18 Å². The lowest BCUT2D eigenvalue weighted by Crippen LogP contribution is -2.28. The number of anilines is 2. The van der Waals surface area contributed by atoms with Gasteiger partial charge in [0.15, 0.2) is 10.8 Å². The van der Waals surface area contributed by atoms with Crippen molar-refractivity contribution in [2.45, 2.75) is 24.2 Å². The molecule has 0 unspecified atom stereocenters. The number of thioether (sulfide) groups is 1. The van der Waals surface area contributed by atoms with Crippen LogP contribution in [0.3, 0.4) is 0 Å². The second kappa shape index (κ2) is 7.98. The number of hydrogen-bond donors (Lipinski definition) is 0. The molecule has 0 saturated heterocycles. The van der Waals surface area contributed by atoms with Crippen LogP contribution in [0.2, 0.25) is 0 Å². The quantitative estimate of drug-likeness (QED) is 0.394. The molecule has 9 heteroatoms. The van der Waals surface area contributed by atoms with Gasteiger partial charge in [0.05, 0.1) is 22.7 Å². The standard InChI is InChI=1S/C23H17F3N4OS/c24-23(25,26)17-11-12-20-27-28-22(29(20)13-17)32-14-21(31)30-18-7-3-1-5-15(18)9-10-16-6-2-4-8-19(16)30/h1-8,11-13H,9-10,14H2. The molecule has 2 aromatic carbocycles. The van der Waals surface area contributed by atoms with Gasteiger partial charge in [-0.25, -0.2) is 0 Å². The molecule has 5 nitrogen and oxygen atoms in total. The first-order valence-electron chi connectivity index (χ1n) is 9.95. The number of carbonyl (C=O) groups excluding carboxylic acids is 1. The first kappa shape index (κ1) is 20.6. The molecule has 0 N–H and O–H groups in total. The number of amides is 1. The molecule has 5 rings (SSSR count). The van der Waals surface area contributed by atoms with Crippen molar-refractivity contribution in [3.8, 4) is 0 Å². The number of halogens is 3. The van der Waals surface area contributed by atoms with E-state index in [1.54, 1.807) is 4.90 Å². The van der Waals surface area contributed by atoms with Gasteiger partial charge in [-0.15, -0.1) is 10.2 Å². The minimum Gasteiger partial charge on any atom is -0.280 e. The summed E-state index contributed by atoms with van der Waals surface area (Å²) in [7, 11) is 0. The zero-order chi connectivity index (χ0) is 22.3. The number of alkyl halides is 3. The Morgan fingerprint density at radius 3 is 2.16 bits per heavy atom. The van der Waals surface area contributed by atoms with Gasteiger partial charge in [0.1, 0.15) is 0 Å². The monoisotopic (exact) mass is 454 g/mol. The number of hydrogen-bond acceptors (Lipinski definition) is 4. The Kier molecular flexibility index (Phi) is 5.13. The molecule has 0 aliphatic carbocycles. The van der Waals surface area contributed by atoms with E-state index in [0.717, 1.165) is 59.4 Å². The third-order valence-corrected chi connectivity index (χ3v) is 6.33. The summed E-state index contributed by atoms with van der Waals surface area (Å²) in [5.41, 5.74) is 3.29. The van der Waals surface area contributed by atoms with Gasteiger partial charge in [-0.3, -0.25) is 14.1 Å². The first-order chi connectivity index (χ1) is 15.4. The maximum Gasteiger partial charge on any atom is 0.417 e. The molecule has 0 fully saturated rings. The van der Waals surface area contributed by atoms with Gasteiger partial charge in [0, 0.05) is 6.20 Å². The molecule has 0 spiro atoms. The van der Waals surface area contributed by atoms with E-state index in [1.165, 1.54) is 10.5 Å². The second-order valence-electron chi connectivity index (χ2n) is 7.40. The lowest BCUT2D eigenvalue weighted by atomic mass is 10.0. The Morgan fingerprint density at radius 2 is 1.53 bits per heavy atom.